The van der Waals surface area contributed by atoms with Gasteiger partial charge in [-0.3, -0.25) is 4.79 Å². The Balaban J connectivity index is 1.57. The summed E-state index contributed by atoms with van der Waals surface area (Å²) < 4.78 is 11.7. The lowest BCUT2D eigenvalue weighted by molar-refractivity contribution is -0.128. The average molecular weight is 378 g/mol. The molecule has 1 fully saturated rings. The molecule has 6 nitrogen and oxygen atoms in total. The van der Waals surface area contributed by atoms with Crippen molar-refractivity contribution in [1.29, 1.82) is 0 Å². The summed E-state index contributed by atoms with van der Waals surface area (Å²) in [7, 11) is 0. The van der Waals surface area contributed by atoms with Gasteiger partial charge >= 0.3 is 6.01 Å². The van der Waals surface area contributed by atoms with E-state index in [4.69, 9.17) is 9.15 Å². The first-order valence-corrected chi connectivity index (χ1v) is 8.15. The summed E-state index contributed by atoms with van der Waals surface area (Å²) in [5.74, 6) is 0.609. The van der Waals surface area contributed by atoms with Crippen LogP contribution in [0.1, 0.15) is 18.6 Å². The second kappa shape index (κ2) is 7.41. The van der Waals surface area contributed by atoms with E-state index < -0.39 is 0 Å². The smallest absolute Gasteiger partial charge is 0.316 e. The summed E-state index contributed by atoms with van der Waals surface area (Å²) in [6, 6.07) is 3.92. The van der Waals surface area contributed by atoms with E-state index >= 15 is 0 Å². The van der Waals surface area contributed by atoms with Gasteiger partial charge in [0.1, 0.15) is 11.9 Å². The number of halogens is 1. The molecule has 1 aliphatic heterocycles. The Morgan fingerprint density at radius 1 is 1.43 bits per heavy atom. The number of hydrogen-bond acceptors (Lipinski definition) is 5. The zero-order valence-electron chi connectivity index (χ0n) is 12.4. The Hall–Kier alpha value is -2.15. The second-order valence-corrected chi connectivity index (χ2v) is 6.11. The molecular formula is C16H16BrN3O3. The van der Waals surface area contributed by atoms with Gasteiger partial charge in [0, 0.05) is 25.0 Å². The quantitative estimate of drug-likeness (QED) is 0.766. The summed E-state index contributed by atoms with van der Waals surface area (Å²) in [6.07, 6.45) is 9.73. The molecule has 120 valence electrons. The van der Waals surface area contributed by atoms with E-state index in [1.807, 2.05) is 0 Å². The van der Waals surface area contributed by atoms with Crippen LogP contribution in [-0.4, -0.2) is 40.0 Å². The Kier molecular flexibility index (Phi) is 5.07. The van der Waals surface area contributed by atoms with Crippen molar-refractivity contribution in [2.75, 3.05) is 13.1 Å². The number of nitrogens with zero attached hydrogens (tertiary/aromatic N) is 3. The van der Waals surface area contributed by atoms with Gasteiger partial charge in [0.05, 0.1) is 17.3 Å². The van der Waals surface area contributed by atoms with E-state index in [0.29, 0.717) is 18.3 Å². The molecule has 1 amide bonds. The molecule has 0 aromatic carbocycles. The van der Waals surface area contributed by atoms with Gasteiger partial charge in [0.25, 0.3) is 0 Å². The van der Waals surface area contributed by atoms with Gasteiger partial charge in [-0.2, -0.15) is 0 Å². The zero-order valence-corrected chi connectivity index (χ0v) is 14.0. The van der Waals surface area contributed by atoms with Crippen LogP contribution in [0, 0.1) is 0 Å². The summed E-state index contributed by atoms with van der Waals surface area (Å²) >= 11 is 3.28. The monoisotopic (exact) mass is 377 g/mol. The number of carbonyl (C=O) groups excluding carboxylic acids is 1. The lowest BCUT2D eigenvalue weighted by Crippen LogP contribution is -2.43. The first-order valence-electron chi connectivity index (χ1n) is 7.35. The van der Waals surface area contributed by atoms with E-state index in [9.17, 15) is 4.79 Å². The van der Waals surface area contributed by atoms with Crippen molar-refractivity contribution in [2.45, 2.75) is 18.9 Å². The van der Waals surface area contributed by atoms with Crippen LogP contribution in [-0.2, 0) is 4.79 Å². The molecule has 3 rings (SSSR count). The van der Waals surface area contributed by atoms with E-state index in [0.717, 1.165) is 23.9 Å². The number of ether oxygens (including phenoxy) is 1. The third-order valence-corrected chi connectivity index (χ3v) is 3.90. The molecule has 0 aliphatic carbocycles. The van der Waals surface area contributed by atoms with Gasteiger partial charge < -0.3 is 14.1 Å². The van der Waals surface area contributed by atoms with E-state index in [1.165, 1.54) is 6.08 Å². The fourth-order valence-electron chi connectivity index (χ4n) is 2.39. The molecule has 2 aromatic heterocycles. The van der Waals surface area contributed by atoms with Gasteiger partial charge in [-0.1, -0.05) is 0 Å². The highest BCUT2D eigenvalue weighted by molar-refractivity contribution is 9.10. The SMILES string of the molecule is O=C(/C=C/c1ccco1)N1CCCC(Oc2ncc(Br)cn2)C1. The summed E-state index contributed by atoms with van der Waals surface area (Å²) in [5.41, 5.74) is 0. The first-order chi connectivity index (χ1) is 11.2. The van der Waals surface area contributed by atoms with Crippen molar-refractivity contribution < 1.29 is 13.9 Å². The Bertz CT molecular complexity index is 670. The fraction of sp³-hybridized carbons (Fsp3) is 0.312. The molecule has 1 atom stereocenters. The van der Waals surface area contributed by atoms with Crippen molar-refractivity contribution in [3.05, 3.63) is 47.1 Å². The summed E-state index contributed by atoms with van der Waals surface area (Å²) in [6.45, 7) is 1.25. The molecular weight excluding hydrogens is 362 g/mol. The van der Waals surface area contributed by atoms with Gasteiger partial charge in [-0.25, -0.2) is 9.97 Å². The largest absolute Gasteiger partial charge is 0.465 e. The highest BCUT2D eigenvalue weighted by atomic mass is 79.9. The van der Waals surface area contributed by atoms with Crippen molar-refractivity contribution in [3.8, 4) is 6.01 Å². The number of amides is 1. The van der Waals surface area contributed by atoms with Crippen LogP contribution in [0.2, 0.25) is 0 Å². The van der Waals surface area contributed by atoms with E-state index in [2.05, 4.69) is 25.9 Å². The molecule has 1 unspecified atom stereocenters. The summed E-state index contributed by atoms with van der Waals surface area (Å²) in [5, 5.41) is 0. The fourth-order valence-corrected chi connectivity index (χ4v) is 2.59. The maximum Gasteiger partial charge on any atom is 0.316 e. The second-order valence-electron chi connectivity index (χ2n) is 5.20. The number of piperidine rings is 1. The Morgan fingerprint density at radius 2 is 2.26 bits per heavy atom. The van der Waals surface area contributed by atoms with Crippen molar-refractivity contribution in [3.63, 3.8) is 0 Å². The molecule has 0 saturated carbocycles. The van der Waals surface area contributed by atoms with Crippen molar-refractivity contribution in [1.82, 2.24) is 14.9 Å². The number of aromatic nitrogens is 2. The van der Waals surface area contributed by atoms with Gasteiger partial charge in [0.2, 0.25) is 5.91 Å². The average Bonchev–Trinajstić information content (AvgIpc) is 3.08. The third-order valence-electron chi connectivity index (χ3n) is 3.49. The van der Waals surface area contributed by atoms with E-state index in [-0.39, 0.29) is 12.0 Å². The van der Waals surface area contributed by atoms with E-state index in [1.54, 1.807) is 41.8 Å². The highest BCUT2D eigenvalue weighted by Gasteiger charge is 2.24. The Morgan fingerprint density at radius 3 is 3.00 bits per heavy atom. The minimum absolute atomic E-state index is 0.0496. The van der Waals surface area contributed by atoms with Crippen LogP contribution in [0.3, 0.4) is 0 Å². The number of hydrogen-bond donors (Lipinski definition) is 0. The molecule has 0 N–H and O–H groups in total. The lowest BCUT2D eigenvalue weighted by Gasteiger charge is -2.31. The zero-order chi connectivity index (χ0) is 16.1. The topological polar surface area (TPSA) is 68.5 Å². The molecule has 0 radical (unpaired) electrons. The minimum Gasteiger partial charge on any atom is -0.465 e. The van der Waals surface area contributed by atoms with Crippen LogP contribution in [0.25, 0.3) is 6.08 Å². The minimum atomic E-state index is -0.0918. The predicted octanol–water partition coefficient (Wildman–Crippen LogP) is 2.92. The molecule has 7 heteroatoms. The normalized spacial score (nSPS) is 18.3. The number of furan rings is 1. The molecule has 1 aliphatic rings. The van der Waals surface area contributed by atoms with Crippen LogP contribution in [0.5, 0.6) is 6.01 Å². The van der Waals surface area contributed by atoms with Crippen molar-refractivity contribution in [2.24, 2.45) is 0 Å². The Labute approximate surface area is 142 Å². The molecule has 0 spiro atoms. The van der Waals surface area contributed by atoms with Gasteiger partial charge in [-0.05, 0) is 47.0 Å². The lowest BCUT2D eigenvalue weighted by atomic mass is 10.1. The first kappa shape index (κ1) is 15.7. The molecule has 3 heterocycles. The van der Waals surface area contributed by atoms with Crippen molar-refractivity contribution >= 4 is 27.9 Å². The summed E-state index contributed by atoms with van der Waals surface area (Å²) in [4.78, 5) is 22.2. The standard InChI is InChI=1S/C16H16BrN3O3/c17-12-9-18-16(19-10-12)23-14-3-1-7-20(11-14)15(21)6-5-13-4-2-8-22-13/h2,4-6,8-10,14H,1,3,7,11H2/b6-5+. The highest BCUT2D eigenvalue weighted by Crippen LogP contribution is 2.17. The van der Waals surface area contributed by atoms with Gasteiger partial charge in [-0.15, -0.1) is 0 Å². The maximum atomic E-state index is 12.2. The molecule has 23 heavy (non-hydrogen) atoms. The number of likely N-dealkylation sites (tertiary alicyclic amines) is 1. The third kappa shape index (κ3) is 4.41. The molecule has 0 bridgehead atoms. The number of carbonyl (C=O) groups is 1. The molecule has 1 saturated heterocycles. The van der Waals surface area contributed by atoms with Gasteiger partial charge in [0.15, 0.2) is 0 Å². The van der Waals surface area contributed by atoms with Crippen LogP contribution in [0.15, 0.2) is 45.8 Å². The maximum absolute atomic E-state index is 12.2. The van der Waals surface area contributed by atoms with Crippen LogP contribution < -0.4 is 4.74 Å². The number of rotatable bonds is 4. The predicted molar refractivity (Wildman–Crippen MR) is 87.7 cm³/mol. The van der Waals surface area contributed by atoms with Crippen LogP contribution >= 0.6 is 15.9 Å². The van der Waals surface area contributed by atoms with Crippen LogP contribution in [0.4, 0.5) is 0 Å². The molecule has 2 aromatic rings.